The van der Waals surface area contributed by atoms with Gasteiger partial charge < -0.3 is 10.2 Å². The van der Waals surface area contributed by atoms with Gasteiger partial charge in [0, 0.05) is 30.9 Å². The average Bonchev–Trinajstić information content (AvgIpc) is 2.96. The lowest BCUT2D eigenvalue weighted by Gasteiger charge is -2.32. The molecule has 0 saturated carbocycles. The van der Waals surface area contributed by atoms with Crippen molar-refractivity contribution in [1.82, 2.24) is 0 Å². The first kappa shape index (κ1) is 20.2. The highest BCUT2D eigenvalue weighted by Gasteiger charge is 2.24. The molecule has 0 spiro atoms. The number of nitrogens with one attached hydrogen (secondary N) is 2. The van der Waals surface area contributed by atoms with Crippen LogP contribution in [0.4, 0.5) is 17.1 Å². The molecule has 5 nitrogen and oxygen atoms in total. The predicted octanol–water partition coefficient (Wildman–Crippen LogP) is 3.25. The first-order chi connectivity index (χ1) is 10.1. The minimum absolute atomic E-state index is 0. The molecular formula is C15H25Cl2N3O2S. The van der Waals surface area contributed by atoms with Crippen LogP contribution < -0.4 is 14.9 Å². The summed E-state index contributed by atoms with van der Waals surface area (Å²) >= 11 is 0. The van der Waals surface area contributed by atoms with Crippen molar-refractivity contribution in [2.24, 2.45) is 0 Å². The second kappa shape index (κ2) is 8.31. The summed E-state index contributed by atoms with van der Waals surface area (Å²) in [4.78, 5) is 2.35. The molecule has 2 heterocycles. The van der Waals surface area contributed by atoms with Crippen LogP contribution in [0.3, 0.4) is 0 Å². The molecule has 23 heavy (non-hydrogen) atoms. The van der Waals surface area contributed by atoms with Gasteiger partial charge in [-0.3, -0.25) is 4.72 Å². The zero-order valence-corrected chi connectivity index (χ0v) is 15.7. The smallest absolute Gasteiger partial charge is 0.232 e. The van der Waals surface area contributed by atoms with Crippen LogP contribution in [0.2, 0.25) is 0 Å². The molecule has 0 amide bonds. The van der Waals surface area contributed by atoms with Crippen molar-refractivity contribution in [2.75, 3.05) is 40.3 Å². The summed E-state index contributed by atoms with van der Waals surface area (Å²) in [5.74, 6) is 0.0990. The fourth-order valence-corrected chi connectivity index (χ4v) is 3.82. The molecular weight excluding hydrogens is 357 g/mol. The van der Waals surface area contributed by atoms with Gasteiger partial charge in [-0.15, -0.1) is 24.8 Å². The Hall–Kier alpha value is -0.850. The predicted molar refractivity (Wildman–Crippen MR) is 102 cm³/mol. The van der Waals surface area contributed by atoms with Gasteiger partial charge in [-0.05, 0) is 44.7 Å². The van der Waals surface area contributed by atoms with Gasteiger partial charge in [0.15, 0.2) is 0 Å². The maximum atomic E-state index is 12.0. The maximum Gasteiger partial charge on any atom is 0.232 e. The monoisotopic (exact) mass is 381 g/mol. The summed E-state index contributed by atoms with van der Waals surface area (Å²) in [6.07, 6.45) is 4.58. The lowest BCUT2D eigenvalue weighted by molar-refractivity contribution is 0.577. The molecule has 2 aliphatic rings. The first-order valence-corrected chi connectivity index (χ1v) is 9.41. The highest BCUT2D eigenvalue weighted by Crippen LogP contribution is 2.39. The zero-order chi connectivity index (χ0) is 14.9. The number of anilines is 3. The molecule has 0 unspecified atom stereocenters. The van der Waals surface area contributed by atoms with Gasteiger partial charge in [-0.25, -0.2) is 8.42 Å². The van der Waals surface area contributed by atoms with Crippen molar-refractivity contribution in [3.05, 3.63) is 17.7 Å². The van der Waals surface area contributed by atoms with Gasteiger partial charge in [-0.1, -0.05) is 0 Å². The van der Waals surface area contributed by atoms with Crippen LogP contribution in [0.15, 0.2) is 12.1 Å². The number of halogens is 2. The number of piperidine rings is 1. The van der Waals surface area contributed by atoms with Crippen molar-refractivity contribution in [3.8, 4) is 0 Å². The van der Waals surface area contributed by atoms with Crippen molar-refractivity contribution >= 4 is 51.9 Å². The lowest BCUT2D eigenvalue weighted by atomic mass is 10.0. The average molecular weight is 382 g/mol. The summed E-state index contributed by atoms with van der Waals surface area (Å²) < 4.78 is 26.7. The third-order valence-corrected chi connectivity index (χ3v) is 5.58. The number of sulfonamides is 1. The fourth-order valence-electron chi connectivity index (χ4n) is 3.18. The molecule has 1 fully saturated rings. The normalized spacial score (nSPS) is 16.7. The zero-order valence-electron chi connectivity index (χ0n) is 13.3. The van der Waals surface area contributed by atoms with Gasteiger partial charge in [0.1, 0.15) is 0 Å². The first-order valence-electron chi connectivity index (χ1n) is 7.76. The van der Waals surface area contributed by atoms with Crippen molar-refractivity contribution in [1.29, 1.82) is 0 Å². The molecule has 1 saturated heterocycles. The quantitative estimate of drug-likeness (QED) is 0.839. The van der Waals surface area contributed by atoms with Crippen LogP contribution in [-0.2, 0) is 16.4 Å². The van der Waals surface area contributed by atoms with E-state index in [1.165, 1.54) is 24.8 Å². The van der Waals surface area contributed by atoms with Crippen LogP contribution in [0, 0.1) is 0 Å². The third-order valence-electron chi connectivity index (χ3n) is 4.29. The van der Waals surface area contributed by atoms with Crippen molar-refractivity contribution < 1.29 is 8.42 Å². The molecule has 3 rings (SSSR count). The standard InChI is InChI=1S/C15H23N3O2S.2ClH/c1-2-21(19,20)17-14-7-6-13-12(8-9-16-13)15(14)18-10-4-3-5-11-18;;/h6-7,16-17H,2-5,8-11H2,1H3;2*1H. The van der Waals surface area contributed by atoms with Crippen LogP contribution >= 0.6 is 24.8 Å². The Morgan fingerprint density at radius 3 is 2.52 bits per heavy atom. The number of fused-ring (bicyclic) bond motifs is 1. The van der Waals surface area contributed by atoms with E-state index in [0.717, 1.165) is 43.1 Å². The van der Waals surface area contributed by atoms with E-state index >= 15 is 0 Å². The van der Waals surface area contributed by atoms with Gasteiger partial charge in [0.2, 0.25) is 10.0 Å². The largest absolute Gasteiger partial charge is 0.384 e. The molecule has 2 N–H and O–H groups in total. The van der Waals surface area contributed by atoms with Gasteiger partial charge in [0.25, 0.3) is 0 Å². The summed E-state index contributed by atoms with van der Waals surface area (Å²) in [7, 11) is -3.25. The Kier molecular flexibility index (Phi) is 7.29. The lowest BCUT2D eigenvalue weighted by Crippen LogP contribution is -2.31. The van der Waals surface area contributed by atoms with E-state index in [2.05, 4.69) is 14.9 Å². The van der Waals surface area contributed by atoms with E-state index in [0.29, 0.717) is 0 Å². The van der Waals surface area contributed by atoms with E-state index in [1.807, 2.05) is 12.1 Å². The Morgan fingerprint density at radius 1 is 1.17 bits per heavy atom. The second-order valence-electron chi connectivity index (χ2n) is 5.72. The van der Waals surface area contributed by atoms with Gasteiger partial charge in [0.05, 0.1) is 17.1 Å². The molecule has 1 aromatic carbocycles. The Morgan fingerprint density at radius 2 is 1.87 bits per heavy atom. The summed E-state index contributed by atoms with van der Waals surface area (Å²) in [5, 5.41) is 3.38. The molecule has 8 heteroatoms. The summed E-state index contributed by atoms with van der Waals surface area (Å²) in [5.41, 5.74) is 4.23. The summed E-state index contributed by atoms with van der Waals surface area (Å²) in [6.45, 7) is 4.62. The van der Waals surface area contributed by atoms with Crippen LogP contribution in [0.25, 0.3) is 0 Å². The van der Waals surface area contributed by atoms with Crippen molar-refractivity contribution in [2.45, 2.75) is 32.6 Å². The van der Waals surface area contributed by atoms with E-state index in [4.69, 9.17) is 0 Å². The van der Waals surface area contributed by atoms with Gasteiger partial charge in [-0.2, -0.15) is 0 Å². The number of rotatable bonds is 4. The molecule has 132 valence electrons. The number of hydrogen-bond acceptors (Lipinski definition) is 4. The van der Waals surface area contributed by atoms with Crippen LogP contribution in [0.5, 0.6) is 0 Å². The second-order valence-corrected chi connectivity index (χ2v) is 7.73. The number of benzene rings is 1. The molecule has 2 aliphatic heterocycles. The highest BCUT2D eigenvalue weighted by molar-refractivity contribution is 7.92. The SMILES string of the molecule is CCS(=O)(=O)Nc1ccc2c(c1N1CCCCC1)CCN2.Cl.Cl. The Balaban J connectivity index is 0.00000132. The van der Waals surface area contributed by atoms with E-state index in [9.17, 15) is 8.42 Å². The topological polar surface area (TPSA) is 61.4 Å². The third kappa shape index (κ3) is 4.37. The fraction of sp³-hybridized carbons (Fsp3) is 0.600. The number of nitrogens with zero attached hydrogens (tertiary/aromatic N) is 1. The van der Waals surface area contributed by atoms with Gasteiger partial charge >= 0.3 is 0 Å². The highest BCUT2D eigenvalue weighted by atomic mass is 35.5. The Bertz CT molecular complexity index is 632. The molecule has 0 bridgehead atoms. The summed E-state index contributed by atoms with van der Waals surface area (Å²) in [6, 6.07) is 3.89. The van der Waals surface area contributed by atoms with E-state index < -0.39 is 10.0 Å². The maximum absolute atomic E-state index is 12.0. The van der Waals surface area contributed by atoms with Crippen LogP contribution in [0.1, 0.15) is 31.7 Å². The molecule has 0 radical (unpaired) electrons. The molecule has 0 aliphatic carbocycles. The molecule has 1 aromatic rings. The Labute approximate surface area is 151 Å². The van der Waals surface area contributed by atoms with Crippen LogP contribution in [-0.4, -0.2) is 33.8 Å². The van der Waals surface area contributed by atoms with E-state index in [-0.39, 0.29) is 30.6 Å². The molecule has 0 atom stereocenters. The molecule has 0 aromatic heterocycles. The van der Waals surface area contributed by atoms with Crippen molar-refractivity contribution in [3.63, 3.8) is 0 Å². The van der Waals surface area contributed by atoms with E-state index in [1.54, 1.807) is 6.92 Å². The number of hydrogen-bond donors (Lipinski definition) is 2. The minimum Gasteiger partial charge on any atom is -0.384 e. The minimum atomic E-state index is -3.25.